The molecule has 5 atom stereocenters. The summed E-state index contributed by atoms with van der Waals surface area (Å²) in [5, 5.41) is 13.8. The molecular weight excluding hydrogens is 1020 g/mol. The molecule has 23 nitrogen and oxygen atoms in total. The predicted molar refractivity (Wildman–Crippen MR) is 272 cm³/mol. The van der Waals surface area contributed by atoms with Gasteiger partial charge in [0, 0.05) is 56.8 Å². The van der Waals surface area contributed by atoms with Crippen LogP contribution >= 0.6 is 11.8 Å². The van der Waals surface area contributed by atoms with Gasteiger partial charge in [-0.05, 0) is 71.0 Å². The van der Waals surface area contributed by atoms with Crippen LogP contribution in [0.15, 0.2) is 109 Å². The van der Waals surface area contributed by atoms with Gasteiger partial charge in [-0.1, -0.05) is 72.8 Å². The monoisotopic (exact) mass is 1080 g/mol. The quantitative estimate of drug-likeness (QED) is 0.0331. The van der Waals surface area contributed by atoms with Gasteiger partial charge in [0.25, 0.3) is 0 Å². The fourth-order valence-electron chi connectivity index (χ4n) is 7.71. The molecule has 0 spiro atoms. The first-order valence-electron chi connectivity index (χ1n) is 22.6. The Labute approximate surface area is 431 Å². The Morgan fingerprint density at radius 1 is 0.649 bits per heavy atom. The average Bonchev–Trinajstić information content (AvgIpc) is 3.75. The molecule has 26 heteroatoms. The molecule has 0 aliphatic rings. The van der Waals surface area contributed by atoms with Gasteiger partial charge in [-0.25, -0.2) is 0 Å². The van der Waals surface area contributed by atoms with Crippen LogP contribution in [0, 0.1) is 0 Å². The molecule has 0 fully saturated rings. The number of nitrogens with one attached hydrogen (secondary N) is 6. The Morgan fingerprint density at radius 3 is 1.72 bits per heavy atom. The Balaban J connectivity index is 1.38. The molecule has 0 aliphatic heterocycles. The van der Waals surface area contributed by atoms with E-state index in [2.05, 4.69) is 39.9 Å². The van der Waals surface area contributed by atoms with Gasteiger partial charge in [0.15, 0.2) is 0 Å². The van der Waals surface area contributed by atoms with Gasteiger partial charge < -0.3 is 50.6 Å². The number of primary amides is 1. The van der Waals surface area contributed by atoms with Crippen molar-refractivity contribution in [3.8, 4) is 11.5 Å². The van der Waals surface area contributed by atoms with Gasteiger partial charge in [0.05, 0.1) is 6.54 Å². The van der Waals surface area contributed by atoms with Crippen LogP contribution < -0.4 is 40.7 Å². The Kier molecular flexibility index (Phi) is 20.5. The fraction of sp³-hybridized carbons (Fsp3) is 0.312. The number of nitrogens with two attached hydrogens (primary N) is 1. The fourth-order valence-corrected chi connectivity index (χ4v) is 8.89. The molecule has 74 heavy (non-hydrogen) atoms. The lowest BCUT2D eigenvalue weighted by molar-refractivity contribution is -0.141. The number of hydrogen-bond donors (Lipinski definition) is 9. The van der Waals surface area contributed by atoms with Crippen LogP contribution in [0.5, 0.6) is 11.5 Å². The minimum absolute atomic E-state index is 0.0275. The van der Waals surface area contributed by atoms with Crippen LogP contribution in [0.2, 0.25) is 0 Å². The maximum absolute atomic E-state index is 14.5. The van der Waals surface area contributed by atoms with E-state index in [1.54, 1.807) is 61.0 Å². The number of hydrogen-bond acceptors (Lipinski definition) is 14. The van der Waals surface area contributed by atoms with E-state index >= 15 is 0 Å². The number of likely N-dealkylation sites (N-methyl/N-ethyl adjacent to an activating group) is 1. The van der Waals surface area contributed by atoms with E-state index in [4.69, 9.17) is 14.8 Å². The maximum Gasteiger partial charge on any atom is 0.446 e. The van der Waals surface area contributed by atoms with E-state index in [-0.39, 0.29) is 43.6 Å². The van der Waals surface area contributed by atoms with Crippen LogP contribution in [-0.2, 0) is 80.0 Å². The van der Waals surface area contributed by atoms with Crippen molar-refractivity contribution in [2.45, 2.75) is 69.2 Å². The molecular formula is C48H56N8O15S3. The van der Waals surface area contributed by atoms with Crippen molar-refractivity contribution in [2.24, 2.45) is 5.73 Å². The molecule has 1 aromatic heterocycles. The first-order valence-corrected chi connectivity index (χ1v) is 26.7. The van der Waals surface area contributed by atoms with Crippen molar-refractivity contribution in [2.75, 3.05) is 25.6 Å². The number of carbonyl (C=O) groups is 7. The molecule has 0 saturated carbocycles. The Morgan fingerprint density at radius 2 is 1.16 bits per heavy atom. The molecule has 7 amide bonds. The van der Waals surface area contributed by atoms with Crippen molar-refractivity contribution in [1.82, 2.24) is 36.5 Å². The number of nitrogens with zero attached hydrogens (tertiary/aromatic N) is 1. The summed E-state index contributed by atoms with van der Waals surface area (Å²) in [5.74, 6) is -5.57. The first-order chi connectivity index (χ1) is 35.0. The van der Waals surface area contributed by atoms with Crippen LogP contribution in [0.25, 0.3) is 10.9 Å². The number of carbonyl (C=O) groups excluding carboxylic acids is 7. The second-order valence-corrected chi connectivity index (χ2v) is 19.9. The number of rotatable bonds is 27. The number of thioether (sulfide) groups is 1. The second kappa shape index (κ2) is 26.4. The zero-order valence-electron chi connectivity index (χ0n) is 40.2. The smallest absolute Gasteiger partial charge is 0.368 e. The zero-order valence-corrected chi connectivity index (χ0v) is 42.6. The van der Waals surface area contributed by atoms with Gasteiger partial charge in [-0.15, -0.1) is 0 Å². The predicted octanol–water partition coefficient (Wildman–Crippen LogP) is 0.942. The van der Waals surface area contributed by atoms with Gasteiger partial charge in [0.1, 0.15) is 41.7 Å². The summed E-state index contributed by atoms with van der Waals surface area (Å²) in [5.41, 5.74) is 8.65. The highest BCUT2D eigenvalue weighted by atomic mass is 32.3. The van der Waals surface area contributed by atoms with E-state index in [0.717, 1.165) is 15.8 Å². The summed E-state index contributed by atoms with van der Waals surface area (Å²) in [6.45, 7) is 0.493. The molecule has 5 unspecified atom stereocenters. The van der Waals surface area contributed by atoms with Crippen molar-refractivity contribution in [1.29, 1.82) is 0 Å². The summed E-state index contributed by atoms with van der Waals surface area (Å²) >= 11 is 1.36. The zero-order chi connectivity index (χ0) is 54.2. The lowest BCUT2D eigenvalue weighted by Crippen LogP contribution is -2.59. The highest BCUT2D eigenvalue weighted by Crippen LogP contribution is 2.21. The van der Waals surface area contributed by atoms with Gasteiger partial charge >= 0.3 is 20.8 Å². The second-order valence-electron chi connectivity index (χ2n) is 16.8. The molecule has 0 saturated heterocycles. The number of aromatic nitrogens is 1. The third-order valence-corrected chi connectivity index (χ3v) is 12.7. The van der Waals surface area contributed by atoms with Crippen LogP contribution in [-0.4, -0.2) is 133 Å². The van der Waals surface area contributed by atoms with Gasteiger partial charge in [-0.3, -0.25) is 42.7 Å². The maximum atomic E-state index is 14.5. The topological polar surface area (TPSA) is 352 Å². The molecule has 5 aromatic rings. The van der Waals surface area contributed by atoms with E-state index < -0.39 is 98.9 Å². The normalized spacial score (nSPS) is 13.5. The molecule has 0 aliphatic carbocycles. The summed E-state index contributed by atoms with van der Waals surface area (Å²) in [6.07, 6.45) is 3.02. The van der Waals surface area contributed by atoms with Crippen molar-refractivity contribution in [3.05, 3.63) is 132 Å². The standard InChI is InChI=1S/C48H56N8O15S3/c1-29(57)52-39(23-31-13-17-34(18-14-31)70-73(64,65)66)45(60)51-28-43(58)53-40(26-33-27-50-37-12-8-7-11-36(33)37)47(62)54-38(21-22-72-3)46(61)55-41(24-32-15-19-35(20-16-32)71-74(67,68)69)48(63)56(2)42(44(49)59)25-30-9-5-4-6-10-30/h4-20,27,38-42,50H,21-26,28H2,1-3H3,(H2,49,59)(H,51,60)(H,52,57)(H,53,58)(H,54,62)(H,55,61)(H,64,65,66)(H,67,68,69). The molecule has 5 rings (SSSR count). The first kappa shape index (κ1) is 57.4. The molecule has 10 N–H and O–H groups in total. The number of H-pyrrole nitrogens is 1. The number of fused-ring (bicyclic) bond motifs is 1. The molecule has 0 radical (unpaired) electrons. The average molecular weight is 1080 g/mol. The number of benzene rings is 4. The van der Waals surface area contributed by atoms with Crippen LogP contribution in [0.3, 0.4) is 0 Å². The van der Waals surface area contributed by atoms with E-state index in [0.29, 0.717) is 28.0 Å². The molecule has 4 aromatic carbocycles. The number of amides is 7. The largest absolute Gasteiger partial charge is 0.446 e. The number of para-hydroxylation sites is 1. The van der Waals surface area contributed by atoms with Crippen molar-refractivity contribution in [3.63, 3.8) is 0 Å². The highest BCUT2D eigenvalue weighted by molar-refractivity contribution is 7.98. The minimum atomic E-state index is -4.86. The lowest BCUT2D eigenvalue weighted by atomic mass is 10.0. The lowest BCUT2D eigenvalue weighted by Gasteiger charge is -2.31. The van der Waals surface area contributed by atoms with Crippen LogP contribution in [0.4, 0.5) is 0 Å². The molecule has 396 valence electrons. The minimum Gasteiger partial charge on any atom is -0.368 e. The van der Waals surface area contributed by atoms with Gasteiger partial charge in [-0.2, -0.15) is 28.6 Å². The summed E-state index contributed by atoms with van der Waals surface area (Å²) in [4.78, 5) is 99.6. The highest BCUT2D eigenvalue weighted by Gasteiger charge is 2.35. The third kappa shape index (κ3) is 18.2. The molecule has 0 bridgehead atoms. The van der Waals surface area contributed by atoms with E-state index in [9.17, 15) is 50.4 Å². The third-order valence-electron chi connectivity index (χ3n) is 11.3. The SMILES string of the molecule is CSCCC(NC(=O)C(Cc1c[nH]c2ccccc12)NC(=O)CNC(=O)C(Cc1ccc(OS(=O)(=O)O)cc1)NC(C)=O)C(=O)NC(Cc1ccc(OS(=O)(=O)O)cc1)C(=O)N(C)C(Cc1ccccc1)C(N)=O. The summed E-state index contributed by atoms with van der Waals surface area (Å²) in [7, 11) is -8.31. The molecule has 1 heterocycles. The Hall–Kier alpha value is -7.52. The van der Waals surface area contributed by atoms with Crippen LogP contribution in [0.1, 0.15) is 35.6 Å². The van der Waals surface area contributed by atoms with E-state index in [1.165, 1.54) is 74.3 Å². The Bertz CT molecular complexity index is 3010. The number of aromatic amines is 1. The van der Waals surface area contributed by atoms with Crippen molar-refractivity contribution < 1.29 is 67.9 Å². The van der Waals surface area contributed by atoms with Gasteiger partial charge in [0.2, 0.25) is 41.4 Å². The summed E-state index contributed by atoms with van der Waals surface area (Å²) in [6, 6.07) is 19.9. The van der Waals surface area contributed by atoms with E-state index in [1.807, 2.05) is 6.07 Å². The van der Waals surface area contributed by atoms with Crippen molar-refractivity contribution >= 4 is 84.8 Å². The summed E-state index contributed by atoms with van der Waals surface area (Å²) < 4.78 is 71.9.